The van der Waals surface area contributed by atoms with Gasteiger partial charge >= 0.3 is 0 Å². The van der Waals surface area contributed by atoms with Crippen molar-refractivity contribution in [2.75, 3.05) is 5.32 Å². The number of nitrogens with zero attached hydrogens (tertiary/aromatic N) is 1. The van der Waals surface area contributed by atoms with Crippen molar-refractivity contribution in [1.82, 2.24) is 15.5 Å². The van der Waals surface area contributed by atoms with Crippen LogP contribution in [0.4, 0.5) is 5.69 Å². The van der Waals surface area contributed by atoms with Crippen LogP contribution in [0.5, 0.6) is 0 Å². The quantitative estimate of drug-likeness (QED) is 0.731. The summed E-state index contributed by atoms with van der Waals surface area (Å²) in [5.74, 6) is 0.351. The first-order chi connectivity index (χ1) is 11.7. The van der Waals surface area contributed by atoms with Crippen LogP contribution in [0.15, 0.2) is 30.3 Å². The molecule has 1 aromatic heterocycles. The van der Waals surface area contributed by atoms with E-state index in [1.54, 1.807) is 0 Å². The normalized spacial score (nSPS) is 13.5. The Morgan fingerprint density at radius 2 is 2.12 bits per heavy atom. The van der Waals surface area contributed by atoms with E-state index in [0.717, 1.165) is 23.4 Å². The number of carbonyl (C=O) groups excluding carboxylic acids is 2. The second-order valence-corrected chi connectivity index (χ2v) is 6.16. The molecule has 1 aliphatic rings. The highest BCUT2D eigenvalue weighted by Crippen LogP contribution is 2.38. The van der Waals surface area contributed by atoms with Gasteiger partial charge in [0.15, 0.2) is 0 Å². The van der Waals surface area contributed by atoms with Crippen LogP contribution in [-0.4, -0.2) is 22.0 Å². The van der Waals surface area contributed by atoms with E-state index < -0.39 is 0 Å². The number of benzene rings is 1. The smallest absolute Gasteiger partial charge is 0.272 e. The van der Waals surface area contributed by atoms with Gasteiger partial charge in [-0.15, -0.1) is 0 Å². The zero-order valence-electron chi connectivity index (χ0n) is 13.8. The summed E-state index contributed by atoms with van der Waals surface area (Å²) in [6.45, 7) is 2.36. The number of hydrogen-bond donors (Lipinski definition) is 3. The standard InChI is InChI=1S/C18H22N4O2/c1-2-4-17(23)20-14-6-3-5-12(9-14)11-19-18(24)16-10-15(21-22-16)13-7-8-13/h3,5-6,9-10,13H,2,4,7-8,11H2,1H3,(H,19,24)(H,20,23)(H,21,22). The van der Waals surface area contributed by atoms with E-state index in [4.69, 9.17) is 0 Å². The molecule has 0 spiro atoms. The van der Waals surface area contributed by atoms with Crippen LogP contribution in [-0.2, 0) is 11.3 Å². The Balaban J connectivity index is 1.55. The van der Waals surface area contributed by atoms with Crippen molar-refractivity contribution in [3.8, 4) is 0 Å². The highest BCUT2D eigenvalue weighted by molar-refractivity contribution is 5.92. The fraction of sp³-hybridized carbons (Fsp3) is 0.389. The summed E-state index contributed by atoms with van der Waals surface area (Å²) in [6, 6.07) is 9.32. The molecule has 3 N–H and O–H groups in total. The van der Waals surface area contributed by atoms with Gasteiger partial charge in [-0.05, 0) is 43.0 Å². The molecule has 0 bridgehead atoms. The van der Waals surface area contributed by atoms with E-state index in [1.807, 2.05) is 37.3 Å². The van der Waals surface area contributed by atoms with E-state index in [9.17, 15) is 9.59 Å². The number of amides is 2. The summed E-state index contributed by atoms with van der Waals surface area (Å²) in [6.07, 6.45) is 3.65. The Morgan fingerprint density at radius 3 is 2.88 bits per heavy atom. The second-order valence-electron chi connectivity index (χ2n) is 6.16. The molecule has 1 aromatic carbocycles. The third kappa shape index (κ3) is 4.22. The van der Waals surface area contributed by atoms with Crippen LogP contribution in [0.25, 0.3) is 0 Å². The fourth-order valence-corrected chi connectivity index (χ4v) is 2.54. The predicted molar refractivity (Wildman–Crippen MR) is 91.7 cm³/mol. The van der Waals surface area contributed by atoms with Gasteiger partial charge in [-0.2, -0.15) is 5.10 Å². The Bertz CT molecular complexity index is 734. The SMILES string of the molecule is CCCC(=O)Nc1cccc(CNC(=O)c2cc(C3CC3)[nH]n2)c1. The molecule has 0 atom stereocenters. The van der Waals surface area contributed by atoms with Gasteiger partial charge in [-0.1, -0.05) is 19.1 Å². The van der Waals surface area contributed by atoms with E-state index in [1.165, 1.54) is 12.8 Å². The van der Waals surface area contributed by atoms with Crippen molar-refractivity contribution < 1.29 is 9.59 Å². The zero-order valence-corrected chi connectivity index (χ0v) is 13.8. The lowest BCUT2D eigenvalue weighted by atomic mass is 10.2. The van der Waals surface area contributed by atoms with Gasteiger partial charge in [0, 0.05) is 30.3 Å². The Hall–Kier alpha value is -2.63. The van der Waals surface area contributed by atoms with Crippen LogP contribution < -0.4 is 10.6 Å². The number of H-pyrrole nitrogens is 1. The first-order valence-corrected chi connectivity index (χ1v) is 8.38. The van der Waals surface area contributed by atoms with E-state index >= 15 is 0 Å². The molecule has 0 saturated heterocycles. The lowest BCUT2D eigenvalue weighted by Gasteiger charge is -2.08. The topological polar surface area (TPSA) is 86.9 Å². The summed E-state index contributed by atoms with van der Waals surface area (Å²) in [7, 11) is 0. The van der Waals surface area contributed by atoms with Crippen molar-refractivity contribution in [2.24, 2.45) is 0 Å². The molecular formula is C18H22N4O2. The van der Waals surface area contributed by atoms with Crippen molar-refractivity contribution in [3.05, 3.63) is 47.3 Å². The molecule has 0 unspecified atom stereocenters. The molecule has 1 aliphatic carbocycles. The maximum Gasteiger partial charge on any atom is 0.272 e. The van der Waals surface area contributed by atoms with Crippen LogP contribution in [0.1, 0.15) is 60.3 Å². The van der Waals surface area contributed by atoms with Crippen LogP contribution in [0.3, 0.4) is 0 Å². The van der Waals surface area contributed by atoms with Gasteiger partial charge in [0.2, 0.25) is 5.91 Å². The number of anilines is 1. The largest absolute Gasteiger partial charge is 0.347 e. The van der Waals surface area contributed by atoms with E-state index in [-0.39, 0.29) is 11.8 Å². The number of nitrogens with one attached hydrogen (secondary N) is 3. The van der Waals surface area contributed by atoms with E-state index in [2.05, 4.69) is 20.8 Å². The maximum absolute atomic E-state index is 12.2. The van der Waals surface area contributed by atoms with Crippen molar-refractivity contribution >= 4 is 17.5 Å². The Morgan fingerprint density at radius 1 is 1.29 bits per heavy atom. The molecule has 0 aliphatic heterocycles. The molecule has 6 nitrogen and oxygen atoms in total. The molecule has 126 valence electrons. The number of carbonyl (C=O) groups is 2. The minimum absolute atomic E-state index is 0.00261. The van der Waals surface area contributed by atoms with Gasteiger partial charge < -0.3 is 10.6 Å². The van der Waals surface area contributed by atoms with Gasteiger partial charge in [-0.25, -0.2) is 0 Å². The summed E-state index contributed by atoms with van der Waals surface area (Å²) in [5, 5.41) is 12.7. The average Bonchev–Trinajstić information content (AvgIpc) is 3.30. The number of rotatable bonds is 7. The molecule has 0 radical (unpaired) electrons. The molecule has 3 rings (SSSR count). The molecule has 1 fully saturated rings. The molecule has 1 saturated carbocycles. The predicted octanol–water partition coefficient (Wildman–Crippen LogP) is 2.96. The van der Waals surface area contributed by atoms with Crippen LogP contribution in [0, 0.1) is 0 Å². The summed E-state index contributed by atoms with van der Waals surface area (Å²) in [4.78, 5) is 23.8. The highest BCUT2D eigenvalue weighted by Gasteiger charge is 2.26. The van der Waals surface area contributed by atoms with Gasteiger partial charge in [0.05, 0.1) is 0 Å². The minimum Gasteiger partial charge on any atom is -0.347 e. The summed E-state index contributed by atoms with van der Waals surface area (Å²) in [5.41, 5.74) is 3.14. The fourth-order valence-electron chi connectivity index (χ4n) is 2.54. The zero-order chi connectivity index (χ0) is 16.9. The molecule has 6 heteroatoms. The third-order valence-electron chi connectivity index (χ3n) is 3.99. The van der Waals surface area contributed by atoms with Crippen molar-refractivity contribution in [2.45, 2.75) is 45.1 Å². The lowest BCUT2D eigenvalue weighted by molar-refractivity contribution is -0.116. The summed E-state index contributed by atoms with van der Waals surface area (Å²) >= 11 is 0. The van der Waals surface area contributed by atoms with Gasteiger partial charge in [0.25, 0.3) is 5.91 Å². The minimum atomic E-state index is -0.196. The monoisotopic (exact) mass is 326 g/mol. The van der Waals surface area contributed by atoms with Crippen molar-refractivity contribution in [3.63, 3.8) is 0 Å². The van der Waals surface area contributed by atoms with Crippen LogP contribution in [0.2, 0.25) is 0 Å². The second kappa shape index (κ2) is 7.29. The molecular weight excluding hydrogens is 304 g/mol. The lowest BCUT2D eigenvalue weighted by Crippen LogP contribution is -2.23. The molecule has 2 amide bonds. The first kappa shape index (κ1) is 16.2. The Kier molecular flexibility index (Phi) is 4.93. The highest BCUT2D eigenvalue weighted by atomic mass is 16.2. The number of hydrogen-bond acceptors (Lipinski definition) is 3. The van der Waals surface area contributed by atoms with Gasteiger partial charge in [-0.3, -0.25) is 14.7 Å². The number of aromatic amines is 1. The molecule has 1 heterocycles. The maximum atomic E-state index is 12.2. The molecule has 24 heavy (non-hydrogen) atoms. The third-order valence-corrected chi connectivity index (χ3v) is 3.99. The summed E-state index contributed by atoms with van der Waals surface area (Å²) < 4.78 is 0. The van der Waals surface area contributed by atoms with E-state index in [0.29, 0.717) is 24.6 Å². The average molecular weight is 326 g/mol. The van der Waals surface area contributed by atoms with Gasteiger partial charge in [0.1, 0.15) is 5.69 Å². The first-order valence-electron chi connectivity index (χ1n) is 8.38. The van der Waals surface area contributed by atoms with Crippen LogP contribution >= 0.6 is 0 Å². The van der Waals surface area contributed by atoms with Crippen molar-refractivity contribution in [1.29, 1.82) is 0 Å². The number of aromatic nitrogens is 2. The Labute approximate surface area is 141 Å². The molecule has 2 aromatic rings.